The first-order valence-electron chi connectivity index (χ1n) is 6.68. The summed E-state index contributed by atoms with van der Waals surface area (Å²) in [6, 6.07) is 9.26. The second-order valence-corrected chi connectivity index (χ2v) is 4.91. The van der Waals surface area contributed by atoms with Crippen LogP contribution in [0.5, 0.6) is 0 Å². The number of carbonyl (C=O) groups excluding carboxylic acids is 1. The van der Waals surface area contributed by atoms with Gasteiger partial charge in [0.25, 0.3) is 5.91 Å². The summed E-state index contributed by atoms with van der Waals surface area (Å²) in [4.78, 5) is 11.5. The topological polar surface area (TPSA) is 58.6 Å². The van der Waals surface area contributed by atoms with Crippen molar-refractivity contribution in [3.63, 3.8) is 0 Å². The molecule has 0 unspecified atom stereocenters. The van der Waals surface area contributed by atoms with Gasteiger partial charge in [-0.15, -0.1) is 0 Å². The van der Waals surface area contributed by atoms with E-state index in [0.29, 0.717) is 12.5 Å². The highest BCUT2D eigenvalue weighted by molar-refractivity contribution is 5.94. The molecule has 0 aliphatic heterocycles. The summed E-state index contributed by atoms with van der Waals surface area (Å²) in [5.41, 5.74) is 0.781. The predicted octanol–water partition coefficient (Wildman–Crippen LogP) is 1.19. The van der Waals surface area contributed by atoms with Gasteiger partial charge >= 0.3 is 0 Å². The van der Waals surface area contributed by atoms with E-state index in [1.807, 2.05) is 44.2 Å². The Bertz CT molecular complexity index is 460. The molecule has 0 saturated heterocycles. The van der Waals surface area contributed by atoms with Crippen molar-refractivity contribution in [1.82, 2.24) is 5.32 Å². The number of benzene rings is 1. The number of hydrogen-bond donors (Lipinski definition) is 2. The normalized spacial score (nSPS) is 11.6. The van der Waals surface area contributed by atoms with Gasteiger partial charge in [-0.1, -0.05) is 38.0 Å². The third kappa shape index (κ3) is 7.57. The molecule has 20 heavy (non-hydrogen) atoms. The molecule has 4 nitrogen and oxygen atoms in total. The smallest absolute Gasteiger partial charge is 0.296 e. The van der Waals surface area contributed by atoms with Gasteiger partial charge in [-0.3, -0.25) is 4.79 Å². The monoisotopic (exact) mass is 275 g/mol. The van der Waals surface area contributed by atoms with Gasteiger partial charge in [-0.05, 0) is 18.1 Å². The van der Waals surface area contributed by atoms with Crippen LogP contribution in [-0.2, 0) is 9.53 Å². The summed E-state index contributed by atoms with van der Waals surface area (Å²) in [7, 11) is 0. The molecular weight excluding hydrogens is 254 g/mol. The van der Waals surface area contributed by atoms with E-state index in [2.05, 4.69) is 17.2 Å². The van der Waals surface area contributed by atoms with Gasteiger partial charge < -0.3 is 15.2 Å². The fourth-order valence-electron chi connectivity index (χ4n) is 1.40. The SMILES string of the molecule is CC(C)COC[C@H](O)CNC(=O)C#Cc1ccccc1. The standard InChI is InChI=1S/C16H21NO3/c1-13(2)11-20-12-15(18)10-17-16(19)9-8-14-6-4-3-5-7-14/h3-7,13,15,18H,10-12H2,1-2H3,(H,17,19)/t15-/m1/s1. The number of carbonyl (C=O) groups is 1. The van der Waals surface area contributed by atoms with Crippen LogP contribution in [0.1, 0.15) is 19.4 Å². The van der Waals surface area contributed by atoms with Crippen molar-refractivity contribution in [2.45, 2.75) is 20.0 Å². The minimum Gasteiger partial charge on any atom is -0.389 e. The molecule has 4 heteroatoms. The molecule has 0 bridgehead atoms. The van der Waals surface area contributed by atoms with Gasteiger partial charge in [0.2, 0.25) is 0 Å². The summed E-state index contributed by atoms with van der Waals surface area (Å²) in [6.07, 6.45) is -0.712. The summed E-state index contributed by atoms with van der Waals surface area (Å²) < 4.78 is 5.28. The molecule has 2 N–H and O–H groups in total. The van der Waals surface area contributed by atoms with Gasteiger partial charge in [-0.2, -0.15) is 0 Å². The molecule has 1 amide bonds. The average molecular weight is 275 g/mol. The molecule has 0 saturated carbocycles. The number of ether oxygens (including phenoxy) is 1. The highest BCUT2D eigenvalue weighted by Crippen LogP contribution is 1.95. The predicted molar refractivity (Wildman–Crippen MR) is 78.0 cm³/mol. The second kappa shape index (κ2) is 9.13. The van der Waals surface area contributed by atoms with Gasteiger partial charge in [0, 0.05) is 24.6 Å². The zero-order chi connectivity index (χ0) is 14.8. The Morgan fingerprint density at radius 1 is 1.30 bits per heavy atom. The van der Waals surface area contributed by atoms with E-state index >= 15 is 0 Å². The number of hydrogen-bond acceptors (Lipinski definition) is 3. The van der Waals surface area contributed by atoms with Crippen molar-refractivity contribution in [3.05, 3.63) is 35.9 Å². The Hall–Kier alpha value is -1.83. The van der Waals surface area contributed by atoms with Crippen LogP contribution in [0.2, 0.25) is 0 Å². The van der Waals surface area contributed by atoms with E-state index in [9.17, 15) is 9.90 Å². The molecule has 108 valence electrons. The lowest BCUT2D eigenvalue weighted by Gasteiger charge is -2.12. The third-order valence-electron chi connectivity index (χ3n) is 2.35. The molecule has 1 rings (SSSR count). The minimum absolute atomic E-state index is 0.139. The van der Waals surface area contributed by atoms with Crippen molar-refractivity contribution in [2.24, 2.45) is 5.92 Å². The molecule has 1 aromatic rings. The number of rotatable bonds is 6. The Labute approximate surface area is 120 Å². The van der Waals surface area contributed by atoms with E-state index in [0.717, 1.165) is 5.56 Å². The van der Waals surface area contributed by atoms with Crippen LogP contribution in [0.4, 0.5) is 0 Å². The highest BCUT2D eigenvalue weighted by atomic mass is 16.5. The fraction of sp³-hybridized carbons (Fsp3) is 0.438. The first-order chi connectivity index (χ1) is 9.58. The van der Waals surface area contributed by atoms with Gasteiger partial charge in [0.15, 0.2) is 0 Å². The van der Waals surface area contributed by atoms with E-state index in [-0.39, 0.29) is 13.2 Å². The second-order valence-electron chi connectivity index (χ2n) is 4.91. The Morgan fingerprint density at radius 2 is 2.00 bits per heavy atom. The maximum absolute atomic E-state index is 11.5. The molecule has 0 aliphatic rings. The first kappa shape index (κ1) is 16.2. The number of aliphatic hydroxyl groups excluding tert-OH is 1. The molecule has 0 aromatic heterocycles. The van der Waals surface area contributed by atoms with Crippen molar-refractivity contribution < 1.29 is 14.6 Å². The lowest BCUT2D eigenvalue weighted by Crippen LogP contribution is -2.34. The van der Waals surface area contributed by atoms with Gasteiger partial charge in [0.05, 0.1) is 12.7 Å². The van der Waals surface area contributed by atoms with Gasteiger partial charge in [0.1, 0.15) is 0 Å². The third-order valence-corrected chi connectivity index (χ3v) is 2.35. The molecule has 1 aromatic carbocycles. The maximum atomic E-state index is 11.5. The van der Waals surface area contributed by atoms with Crippen LogP contribution in [0.3, 0.4) is 0 Å². The molecule has 1 atom stereocenters. The molecule has 0 heterocycles. The number of aliphatic hydroxyl groups is 1. The fourth-order valence-corrected chi connectivity index (χ4v) is 1.40. The van der Waals surface area contributed by atoms with Crippen LogP contribution in [-0.4, -0.2) is 36.9 Å². The summed E-state index contributed by atoms with van der Waals surface area (Å²) in [5.74, 6) is 5.25. The van der Waals surface area contributed by atoms with E-state index < -0.39 is 12.0 Å². The lowest BCUT2D eigenvalue weighted by molar-refractivity contribution is -0.116. The average Bonchev–Trinajstić information content (AvgIpc) is 2.43. The zero-order valence-corrected chi connectivity index (χ0v) is 11.9. The molecule has 0 aliphatic carbocycles. The quantitative estimate of drug-likeness (QED) is 0.767. The van der Waals surface area contributed by atoms with Crippen molar-refractivity contribution in [2.75, 3.05) is 19.8 Å². The lowest BCUT2D eigenvalue weighted by atomic mass is 10.2. The highest BCUT2D eigenvalue weighted by Gasteiger charge is 2.06. The molecular formula is C16H21NO3. The minimum atomic E-state index is -0.712. The number of amides is 1. The Morgan fingerprint density at radius 3 is 2.65 bits per heavy atom. The van der Waals surface area contributed by atoms with Crippen molar-refractivity contribution >= 4 is 5.91 Å². The molecule has 0 radical (unpaired) electrons. The molecule has 0 fully saturated rings. The zero-order valence-electron chi connectivity index (χ0n) is 11.9. The van der Waals surface area contributed by atoms with E-state index in [1.165, 1.54) is 0 Å². The van der Waals surface area contributed by atoms with Crippen molar-refractivity contribution in [1.29, 1.82) is 0 Å². The van der Waals surface area contributed by atoms with Crippen molar-refractivity contribution in [3.8, 4) is 11.8 Å². The maximum Gasteiger partial charge on any atom is 0.296 e. The van der Waals surface area contributed by atoms with Crippen LogP contribution < -0.4 is 5.32 Å². The number of nitrogens with one attached hydrogen (secondary N) is 1. The Kier molecular flexibility index (Phi) is 7.41. The van der Waals surface area contributed by atoms with E-state index in [1.54, 1.807) is 0 Å². The van der Waals surface area contributed by atoms with Crippen LogP contribution >= 0.6 is 0 Å². The van der Waals surface area contributed by atoms with E-state index in [4.69, 9.17) is 4.74 Å². The first-order valence-corrected chi connectivity index (χ1v) is 6.68. The van der Waals surface area contributed by atoms with Crippen LogP contribution in [0.15, 0.2) is 30.3 Å². The largest absolute Gasteiger partial charge is 0.389 e. The van der Waals surface area contributed by atoms with Crippen LogP contribution in [0, 0.1) is 17.8 Å². The summed E-state index contributed by atoms with van der Waals surface area (Å²) in [5, 5.41) is 12.2. The Balaban J connectivity index is 2.25. The van der Waals surface area contributed by atoms with Gasteiger partial charge in [-0.25, -0.2) is 0 Å². The summed E-state index contributed by atoms with van der Waals surface area (Å²) in [6.45, 7) is 5.02. The summed E-state index contributed by atoms with van der Waals surface area (Å²) >= 11 is 0. The van der Waals surface area contributed by atoms with Crippen LogP contribution in [0.25, 0.3) is 0 Å². The molecule has 0 spiro atoms.